The molecule has 0 fully saturated rings. The molecule has 0 saturated carbocycles. The summed E-state index contributed by atoms with van der Waals surface area (Å²) in [5.41, 5.74) is 4.63. The fourth-order valence-electron chi connectivity index (χ4n) is 5.17. The van der Waals surface area contributed by atoms with E-state index in [1.54, 1.807) is 48.5 Å². The first-order chi connectivity index (χ1) is 28.2. The zero-order chi connectivity index (χ0) is 41.5. The predicted octanol–water partition coefficient (Wildman–Crippen LogP) is 10.3. The third-order valence-electron chi connectivity index (χ3n) is 8.37. The van der Waals surface area contributed by atoms with Crippen LogP contribution in [0.4, 0.5) is 0 Å². The molecule has 0 aliphatic carbocycles. The van der Waals surface area contributed by atoms with E-state index in [0.717, 1.165) is 80.9 Å². The zero-order valence-corrected chi connectivity index (χ0v) is 34.5. The number of thioether (sulfide) groups is 2. The third-order valence-corrected chi connectivity index (χ3v) is 10.2. The van der Waals surface area contributed by atoms with Crippen molar-refractivity contribution >= 4 is 57.1 Å². The van der Waals surface area contributed by atoms with Gasteiger partial charge in [-0.1, -0.05) is 51.3 Å². The summed E-state index contributed by atoms with van der Waals surface area (Å²) in [6, 6.07) is 29.5. The lowest BCUT2D eigenvalue weighted by Crippen LogP contribution is -2.04. The molecule has 0 N–H and O–H groups in total. The number of benzene rings is 4. The molecule has 0 unspecified atom stereocenters. The lowest BCUT2D eigenvalue weighted by atomic mass is 10.1. The van der Waals surface area contributed by atoms with Crippen molar-refractivity contribution in [2.75, 3.05) is 26.4 Å². The Labute approximate surface area is 348 Å². The molecular formula is C46H48N2O8S2. The van der Waals surface area contributed by atoms with Crippen LogP contribution in [0.15, 0.2) is 142 Å². The van der Waals surface area contributed by atoms with Gasteiger partial charge in [0.1, 0.15) is 11.5 Å². The number of carbonyl (C=O) groups excluding carboxylic acids is 4. The normalized spacial score (nSPS) is 11.3. The number of rotatable bonds is 23. The molecular weight excluding hydrogens is 773 g/mol. The first-order valence-corrected chi connectivity index (χ1v) is 20.7. The van der Waals surface area contributed by atoms with Gasteiger partial charge in [-0.25, -0.2) is 9.59 Å². The molecule has 0 atom stereocenters. The summed E-state index contributed by atoms with van der Waals surface area (Å²) < 4.78 is 21.4. The van der Waals surface area contributed by atoms with Crippen molar-refractivity contribution in [1.82, 2.24) is 0 Å². The topological polar surface area (TPSA) is 130 Å². The molecule has 0 heterocycles. The molecule has 0 amide bonds. The van der Waals surface area contributed by atoms with Crippen LogP contribution in [0.5, 0.6) is 11.5 Å². The minimum absolute atomic E-state index is 0.0750. The van der Waals surface area contributed by atoms with Gasteiger partial charge >= 0.3 is 11.9 Å². The minimum Gasteiger partial charge on any atom is -0.494 e. The van der Waals surface area contributed by atoms with E-state index in [0.29, 0.717) is 74.7 Å². The van der Waals surface area contributed by atoms with Crippen molar-refractivity contribution in [1.29, 1.82) is 0 Å². The molecule has 58 heavy (non-hydrogen) atoms. The molecule has 4 aromatic carbocycles. The van der Waals surface area contributed by atoms with Crippen LogP contribution >= 0.6 is 23.5 Å². The van der Waals surface area contributed by atoms with Crippen LogP contribution in [-0.4, -0.2) is 60.0 Å². The Morgan fingerprint density at radius 1 is 0.500 bits per heavy atom. The standard InChI is InChI=1S/C46H48N2O8S2/c1-5-41(33-17-25-39(26-18-33)57-45(51)35-13-21-37(22-14-35)53-29-9-11-31-55-43(49)7-3)47-48-42(6-2)34-19-27-40(28-20-34)58-46(52)36-15-23-38(24-16-36)54-30-10-12-32-56-44(50)8-4/h7-8,13-28H,3-6,9-12,29-32H2,1-2H3/b47-41+,48-42+. The second kappa shape index (κ2) is 24.8. The largest absolute Gasteiger partial charge is 0.494 e. The van der Waals surface area contributed by atoms with Crippen molar-refractivity contribution < 1.29 is 38.1 Å². The van der Waals surface area contributed by atoms with Crippen LogP contribution in [0.25, 0.3) is 0 Å². The fraction of sp³-hybridized carbons (Fsp3) is 0.261. The van der Waals surface area contributed by atoms with Crippen LogP contribution in [0.2, 0.25) is 0 Å². The maximum atomic E-state index is 13.0. The third kappa shape index (κ3) is 15.3. The molecule has 10 nitrogen and oxygen atoms in total. The number of unbranched alkanes of at least 4 members (excludes halogenated alkanes) is 2. The van der Waals surface area contributed by atoms with Crippen molar-refractivity contribution in [3.8, 4) is 11.5 Å². The molecule has 4 aromatic rings. The smallest absolute Gasteiger partial charge is 0.330 e. The number of carbonyl (C=O) groups is 4. The molecule has 4 rings (SSSR count). The monoisotopic (exact) mass is 820 g/mol. The Hall–Kier alpha value is -5.72. The van der Waals surface area contributed by atoms with E-state index in [9.17, 15) is 19.2 Å². The highest BCUT2D eigenvalue weighted by molar-refractivity contribution is 8.14. The second-order valence-electron chi connectivity index (χ2n) is 12.5. The van der Waals surface area contributed by atoms with Crippen molar-refractivity contribution in [3.63, 3.8) is 0 Å². The first-order valence-electron chi connectivity index (χ1n) is 19.1. The highest BCUT2D eigenvalue weighted by Crippen LogP contribution is 2.27. The molecule has 12 heteroatoms. The molecule has 0 aliphatic heterocycles. The lowest BCUT2D eigenvalue weighted by Gasteiger charge is -2.08. The Morgan fingerprint density at radius 2 is 0.828 bits per heavy atom. The van der Waals surface area contributed by atoms with Crippen LogP contribution in [0.3, 0.4) is 0 Å². The molecule has 0 radical (unpaired) electrons. The summed E-state index contributed by atoms with van der Waals surface area (Å²) in [6.07, 6.45) is 6.44. The van der Waals surface area contributed by atoms with E-state index in [-0.39, 0.29) is 10.2 Å². The highest BCUT2D eigenvalue weighted by Gasteiger charge is 2.12. The van der Waals surface area contributed by atoms with Crippen molar-refractivity contribution in [3.05, 3.63) is 145 Å². The number of ether oxygens (including phenoxy) is 4. The number of nitrogens with zero attached hydrogens (tertiary/aromatic N) is 2. The van der Waals surface area contributed by atoms with Crippen molar-refractivity contribution in [2.45, 2.75) is 62.2 Å². The summed E-state index contributed by atoms with van der Waals surface area (Å²) in [4.78, 5) is 49.8. The van der Waals surface area contributed by atoms with E-state index < -0.39 is 11.9 Å². The van der Waals surface area contributed by atoms with Crippen LogP contribution in [0, 0.1) is 0 Å². The number of esters is 2. The first kappa shape index (κ1) is 45.0. The summed E-state index contributed by atoms with van der Waals surface area (Å²) in [6.45, 7) is 12.4. The average molecular weight is 821 g/mol. The summed E-state index contributed by atoms with van der Waals surface area (Å²) in [7, 11) is 0. The Kier molecular flexibility index (Phi) is 19.2. The van der Waals surface area contributed by atoms with Crippen LogP contribution < -0.4 is 9.47 Å². The molecule has 0 saturated heterocycles. The van der Waals surface area contributed by atoms with Gasteiger partial charge in [0.05, 0.1) is 37.9 Å². The summed E-state index contributed by atoms with van der Waals surface area (Å²) >= 11 is 2.31. The number of hydrogen-bond acceptors (Lipinski definition) is 12. The van der Waals surface area contributed by atoms with Gasteiger partial charge in [0.2, 0.25) is 10.2 Å². The maximum Gasteiger partial charge on any atom is 0.330 e. The van der Waals surface area contributed by atoms with Gasteiger partial charge in [0.15, 0.2) is 0 Å². The van der Waals surface area contributed by atoms with E-state index in [1.165, 1.54) is 0 Å². The maximum absolute atomic E-state index is 13.0. The fourth-order valence-corrected chi connectivity index (χ4v) is 6.66. The van der Waals surface area contributed by atoms with Gasteiger partial charge in [0.25, 0.3) is 0 Å². The van der Waals surface area contributed by atoms with Gasteiger partial charge < -0.3 is 18.9 Å². The molecule has 302 valence electrons. The van der Waals surface area contributed by atoms with E-state index in [2.05, 4.69) is 23.4 Å². The van der Waals surface area contributed by atoms with E-state index in [4.69, 9.17) is 18.9 Å². The molecule has 0 bridgehead atoms. The average Bonchev–Trinajstić information content (AvgIpc) is 3.25. The molecule has 0 aliphatic rings. The molecule has 0 aromatic heterocycles. The second-order valence-corrected chi connectivity index (χ2v) is 14.6. The summed E-state index contributed by atoms with van der Waals surface area (Å²) in [5.74, 6) is 0.467. The highest BCUT2D eigenvalue weighted by atomic mass is 32.2. The SMILES string of the molecule is C=CC(=O)OCCCCOc1ccc(C(=O)Sc2ccc(/C(CC)=N/N=C(\CC)c3ccc(SC(=O)c4ccc(OCCCCOC(=O)C=C)cc4)cc3)cc2)cc1. The lowest BCUT2D eigenvalue weighted by molar-refractivity contribution is -0.138. The Bertz CT molecular complexity index is 1890. The van der Waals surface area contributed by atoms with Crippen LogP contribution in [0.1, 0.15) is 84.2 Å². The molecule has 0 spiro atoms. The zero-order valence-electron chi connectivity index (χ0n) is 32.9. The van der Waals surface area contributed by atoms with Crippen LogP contribution in [-0.2, 0) is 19.1 Å². The predicted molar refractivity (Wildman–Crippen MR) is 232 cm³/mol. The Balaban J connectivity index is 1.25. The van der Waals surface area contributed by atoms with E-state index in [1.807, 2.05) is 62.4 Å². The van der Waals surface area contributed by atoms with Gasteiger partial charge in [0, 0.05) is 33.1 Å². The summed E-state index contributed by atoms with van der Waals surface area (Å²) in [5, 5.41) is 9.08. The van der Waals surface area contributed by atoms with E-state index >= 15 is 0 Å². The van der Waals surface area contributed by atoms with Gasteiger partial charge in [-0.05, 0) is 146 Å². The van der Waals surface area contributed by atoms with Crippen molar-refractivity contribution in [2.24, 2.45) is 10.2 Å². The number of hydrogen-bond donors (Lipinski definition) is 0. The minimum atomic E-state index is -0.432. The van der Waals surface area contributed by atoms with Gasteiger partial charge in [-0.3, -0.25) is 9.59 Å². The van der Waals surface area contributed by atoms with Gasteiger partial charge in [-0.15, -0.1) is 0 Å². The Morgan fingerprint density at radius 3 is 1.16 bits per heavy atom. The van der Waals surface area contributed by atoms with Gasteiger partial charge in [-0.2, -0.15) is 10.2 Å². The quantitative estimate of drug-likeness (QED) is 0.0178.